The SMILES string of the molecule is COC(=O)Cc1csc(-c2ccccc2[N+](=O)[O-])n1. The molecule has 19 heavy (non-hydrogen) atoms. The van der Waals surface area contributed by atoms with Gasteiger partial charge in [0.25, 0.3) is 5.69 Å². The molecule has 7 heteroatoms. The lowest BCUT2D eigenvalue weighted by Crippen LogP contribution is -2.04. The molecule has 2 aromatic rings. The number of aromatic nitrogens is 1. The number of carbonyl (C=O) groups is 1. The summed E-state index contributed by atoms with van der Waals surface area (Å²) >= 11 is 1.26. The van der Waals surface area contributed by atoms with E-state index >= 15 is 0 Å². The zero-order chi connectivity index (χ0) is 13.8. The zero-order valence-electron chi connectivity index (χ0n) is 10.0. The monoisotopic (exact) mass is 278 g/mol. The fourth-order valence-corrected chi connectivity index (χ4v) is 2.40. The van der Waals surface area contributed by atoms with E-state index in [0.29, 0.717) is 16.3 Å². The molecule has 0 radical (unpaired) electrons. The van der Waals surface area contributed by atoms with Crippen LogP contribution in [0.2, 0.25) is 0 Å². The lowest BCUT2D eigenvalue weighted by atomic mass is 10.2. The number of nitro groups is 1. The second kappa shape index (κ2) is 5.57. The van der Waals surface area contributed by atoms with E-state index in [9.17, 15) is 14.9 Å². The van der Waals surface area contributed by atoms with Crippen molar-refractivity contribution in [2.24, 2.45) is 0 Å². The maximum Gasteiger partial charge on any atom is 0.311 e. The first-order valence-electron chi connectivity index (χ1n) is 5.37. The van der Waals surface area contributed by atoms with Gasteiger partial charge in [-0.3, -0.25) is 14.9 Å². The van der Waals surface area contributed by atoms with Gasteiger partial charge in [0, 0.05) is 11.4 Å². The van der Waals surface area contributed by atoms with Crippen LogP contribution < -0.4 is 0 Å². The number of hydrogen-bond acceptors (Lipinski definition) is 6. The maximum atomic E-state index is 11.1. The van der Waals surface area contributed by atoms with Crippen molar-refractivity contribution in [3.63, 3.8) is 0 Å². The molecule has 0 unspecified atom stereocenters. The van der Waals surface area contributed by atoms with Crippen molar-refractivity contribution in [1.29, 1.82) is 0 Å². The molecule has 0 N–H and O–H groups in total. The first kappa shape index (κ1) is 13.2. The maximum absolute atomic E-state index is 11.1. The molecule has 0 saturated heterocycles. The number of para-hydroxylation sites is 1. The lowest BCUT2D eigenvalue weighted by molar-refractivity contribution is -0.384. The van der Waals surface area contributed by atoms with Gasteiger partial charge < -0.3 is 4.74 Å². The largest absolute Gasteiger partial charge is 0.469 e. The fraction of sp³-hybridized carbons (Fsp3) is 0.167. The minimum Gasteiger partial charge on any atom is -0.469 e. The number of benzene rings is 1. The molecule has 98 valence electrons. The standard InChI is InChI=1S/C12H10N2O4S/c1-18-11(15)6-8-7-19-12(13-8)9-4-2-3-5-10(9)14(16)17/h2-5,7H,6H2,1H3. The summed E-state index contributed by atoms with van der Waals surface area (Å²) in [6.45, 7) is 0. The molecular weight excluding hydrogens is 268 g/mol. The van der Waals surface area contributed by atoms with Crippen LogP contribution >= 0.6 is 11.3 Å². The fourth-order valence-electron chi connectivity index (χ4n) is 1.55. The predicted molar refractivity (Wildman–Crippen MR) is 69.9 cm³/mol. The lowest BCUT2D eigenvalue weighted by Gasteiger charge is -1.98. The highest BCUT2D eigenvalue weighted by Crippen LogP contribution is 2.31. The Morgan fingerprint density at radius 1 is 1.47 bits per heavy atom. The number of methoxy groups -OCH3 is 1. The van der Waals surface area contributed by atoms with Crippen molar-refractivity contribution >= 4 is 23.0 Å². The van der Waals surface area contributed by atoms with E-state index in [4.69, 9.17) is 0 Å². The minimum absolute atomic E-state index is 0.00136. The Balaban J connectivity index is 2.33. The molecule has 0 aliphatic rings. The Morgan fingerprint density at radius 3 is 2.89 bits per heavy atom. The number of thiazole rings is 1. The highest BCUT2D eigenvalue weighted by Gasteiger charge is 2.17. The van der Waals surface area contributed by atoms with Crippen LogP contribution in [0, 0.1) is 10.1 Å². The van der Waals surface area contributed by atoms with Gasteiger partial charge in [-0.25, -0.2) is 4.98 Å². The predicted octanol–water partition coefficient (Wildman–Crippen LogP) is 2.43. The molecule has 2 rings (SSSR count). The zero-order valence-corrected chi connectivity index (χ0v) is 10.8. The number of nitrogens with zero attached hydrogens (tertiary/aromatic N) is 2. The Kier molecular flexibility index (Phi) is 3.86. The molecule has 0 fully saturated rings. The second-order valence-corrected chi connectivity index (χ2v) is 4.53. The topological polar surface area (TPSA) is 82.3 Å². The van der Waals surface area contributed by atoms with Crippen molar-refractivity contribution in [3.8, 4) is 10.6 Å². The molecule has 0 saturated carbocycles. The Morgan fingerprint density at radius 2 is 2.21 bits per heavy atom. The normalized spacial score (nSPS) is 10.2. The van der Waals surface area contributed by atoms with E-state index in [1.165, 1.54) is 24.5 Å². The van der Waals surface area contributed by atoms with E-state index < -0.39 is 4.92 Å². The minimum atomic E-state index is -0.448. The van der Waals surface area contributed by atoms with Crippen molar-refractivity contribution in [2.45, 2.75) is 6.42 Å². The molecule has 1 heterocycles. The number of nitro benzene ring substituents is 1. The van der Waals surface area contributed by atoms with Crippen LogP contribution in [-0.4, -0.2) is 23.0 Å². The van der Waals surface area contributed by atoms with Crippen molar-refractivity contribution < 1.29 is 14.5 Å². The van der Waals surface area contributed by atoms with E-state index in [1.54, 1.807) is 23.6 Å². The van der Waals surface area contributed by atoms with Crippen molar-refractivity contribution in [2.75, 3.05) is 7.11 Å². The molecule has 1 aromatic carbocycles. The van der Waals surface area contributed by atoms with E-state index in [-0.39, 0.29) is 18.1 Å². The number of hydrogen-bond donors (Lipinski definition) is 0. The van der Waals surface area contributed by atoms with Crippen LogP contribution in [0.25, 0.3) is 10.6 Å². The third-order valence-electron chi connectivity index (χ3n) is 2.44. The average Bonchev–Trinajstić information content (AvgIpc) is 2.86. The van der Waals surface area contributed by atoms with Crippen LogP contribution in [-0.2, 0) is 16.0 Å². The first-order chi connectivity index (χ1) is 9.11. The molecule has 0 atom stereocenters. The Hall–Kier alpha value is -2.28. The van der Waals surface area contributed by atoms with E-state index in [1.807, 2.05) is 0 Å². The third-order valence-corrected chi connectivity index (χ3v) is 3.36. The molecule has 0 aliphatic heterocycles. The van der Waals surface area contributed by atoms with Gasteiger partial charge in [-0.05, 0) is 6.07 Å². The van der Waals surface area contributed by atoms with Crippen molar-refractivity contribution in [1.82, 2.24) is 4.98 Å². The number of esters is 1. The van der Waals surface area contributed by atoms with Gasteiger partial charge in [0.1, 0.15) is 5.01 Å². The van der Waals surface area contributed by atoms with Crippen LogP contribution in [0.15, 0.2) is 29.6 Å². The van der Waals surface area contributed by atoms with E-state index in [2.05, 4.69) is 9.72 Å². The Labute approximate surface area is 112 Å². The number of rotatable bonds is 4. The first-order valence-corrected chi connectivity index (χ1v) is 6.25. The molecule has 1 aromatic heterocycles. The molecular formula is C12H10N2O4S. The second-order valence-electron chi connectivity index (χ2n) is 3.67. The number of ether oxygens (including phenoxy) is 1. The smallest absolute Gasteiger partial charge is 0.311 e. The molecule has 0 aliphatic carbocycles. The quantitative estimate of drug-likeness (QED) is 0.487. The van der Waals surface area contributed by atoms with Gasteiger partial charge in [-0.15, -0.1) is 11.3 Å². The molecule has 0 bridgehead atoms. The third kappa shape index (κ3) is 2.94. The molecule has 6 nitrogen and oxygen atoms in total. The van der Waals surface area contributed by atoms with Gasteiger partial charge in [-0.2, -0.15) is 0 Å². The summed E-state index contributed by atoms with van der Waals surface area (Å²) in [6.07, 6.45) is 0.0631. The average molecular weight is 278 g/mol. The van der Waals surface area contributed by atoms with Crippen LogP contribution in [0.3, 0.4) is 0 Å². The summed E-state index contributed by atoms with van der Waals surface area (Å²) < 4.78 is 4.55. The summed E-state index contributed by atoms with van der Waals surface area (Å²) in [5.41, 5.74) is 1.00. The highest BCUT2D eigenvalue weighted by atomic mass is 32.1. The van der Waals surface area contributed by atoms with Crippen LogP contribution in [0.1, 0.15) is 5.69 Å². The summed E-state index contributed by atoms with van der Waals surface area (Å²) in [5, 5.41) is 13.2. The van der Waals surface area contributed by atoms with Crippen molar-refractivity contribution in [3.05, 3.63) is 45.5 Å². The summed E-state index contributed by atoms with van der Waals surface area (Å²) in [6, 6.07) is 6.38. The number of carbonyl (C=O) groups excluding carboxylic acids is 1. The van der Waals surface area contributed by atoms with Gasteiger partial charge >= 0.3 is 5.97 Å². The van der Waals surface area contributed by atoms with Gasteiger partial charge in [0.2, 0.25) is 0 Å². The molecule has 0 spiro atoms. The van der Waals surface area contributed by atoms with Crippen LogP contribution in [0.5, 0.6) is 0 Å². The summed E-state index contributed by atoms with van der Waals surface area (Å²) in [5.74, 6) is -0.389. The van der Waals surface area contributed by atoms with Gasteiger partial charge in [-0.1, -0.05) is 12.1 Å². The highest BCUT2D eigenvalue weighted by molar-refractivity contribution is 7.13. The molecule has 0 amide bonds. The van der Waals surface area contributed by atoms with E-state index in [0.717, 1.165) is 0 Å². The Bertz CT molecular complexity index is 624. The van der Waals surface area contributed by atoms with Gasteiger partial charge in [0.15, 0.2) is 0 Å². The van der Waals surface area contributed by atoms with Crippen LogP contribution in [0.4, 0.5) is 5.69 Å². The van der Waals surface area contributed by atoms with Gasteiger partial charge in [0.05, 0.1) is 29.7 Å². The summed E-state index contributed by atoms with van der Waals surface area (Å²) in [4.78, 5) is 25.8. The summed E-state index contributed by atoms with van der Waals surface area (Å²) in [7, 11) is 1.30.